The molecule has 30 heavy (non-hydrogen) atoms. The fraction of sp³-hybridized carbons (Fsp3) is 0.773. The normalized spacial score (nSPS) is 26.3. The first-order valence-electron chi connectivity index (χ1n) is 11.2. The van der Waals surface area contributed by atoms with Gasteiger partial charge in [0.2, 0.25) is 0 Å². The van der Waals surface area contributed by atoms with Crippen molar-refractivity contribution >= 4 is 11.9 Å². The van der Waals surface area contributed by atoms with Crippen LogP contribution in [-0.4, -0.2) is 59.2 Å². The fourth-order valence-corrected chi connectivity index (χ4v) is 4.84. The number of aliphatic hydroxyl groups excluding tert-OH is 1. The molecule has 1 amide bonds. The first-order chi connectivity index (χ1) is 14.4. The molecule has 1 saturated carbocycles. The van der Waals surface area contributed by atoms with Crippen molar-refractivity contribution in [3.05, 3.63) is 17.0 Å². The summed E-state index contributed by atoms with van der Waals surface area (Å²) in [5, 5.41) is 17.3. The minimum Gasteiger partial charge on any atom is -0.465 e. The molecule has 1 saturated heterocycles. The minimum atomic E-state index is -0.364. The lowest BCUT2D eigenvalue weighted by Gasteiger charge is -2.36. The van der Waals surface area contributed by atoms with E-state index in [9.17, 15) is 14.7 Å². The number of carbonyl (C=O) groups excluding carboxylic acids is 2. The number of ether oxygens (including phenoxy) is 2. The van der Waals surface area contributed by atoms with Crippen molar-refractivity contribution in [1.82, 2.24) is 15.1 Å². The van der Waals surface area contributed by atoms with Crippen LogP contribution in [0.15, 0.2) is 0 Å². The zero-order valence-corrected chi connectivity index (χ0v) is 18.0. The molecule has 3 heterocycles. The van der Waals surface area contributed by atoms with Gasteiger partial charge in [0.1, 0.15) is 5.69 Å². The second kappa shape index (κ2) is 8.67. The lowest BCUT2D eigenvalue weighted by molar-refractivity contribution is -0.156. The SMILES string of the molecule is CCn1nc(CC(C)COC(=O)C2CC(O)C2)c2c1C(=O)NCC1(CCOCC1)C2. The first-order valence-corrected chi connectivity index (χ1v) is 11.2. The molecule has 1 aliphatic carbocycles. The van der Waals surface area contributed by atoms with Crippen LogP contribution in [0.5, 0.6) is 0 Å². The van der Waals surface area contributed by atoms with E-state index >= 15 is 0 Å². The summed E-state index contributed by atoms with van der Waals surface area (Å²) in [6.45, 7) is 7.13. The summed E-state index contributed by atoms with van der Waals surface area (Å²) in [4.78, 5) is 25.0. The van der Waals surface area contributed by atoms with Gasteiger partial charge in [0.05, 0.1) is 24.3 Å². The predicted octanol–water partition coefficient (Wildman–Crippen LogP) is 1.48. The molecule has 0 radical (unpaired) electrons. The van der Waals surface area contributed by atoms with Crippen LogP contribution < -0.4 is 5.32 Å². The van der Waals surface area contributed by atoms with Gasteiger partial charge in [-0.2, -0.15) is 5.10 Å². The summed E-state index contributed by atoms with van der Waals surface area (Å²) < 4.78 is 12.9. The van der Waals surface area contributed by atoms with Crippen molar-refractivity contribution in [1.29, 1.82) is 0 Å². The van der Waals surface area contributed by atoms with Gasteiger partial charge in [-0.1, -0.05) is 6.92 Å². The van der Waals surface area contributed by atoms with E-state index in [4.69, 9.17) is 14.6 Å². The maximum absolute atomic E-state index is 12.9. The van der Waals surface area contributed by atoms with E-state index in [0.29, 0.717) is 44.7 Å². The van der Waals surface area contributed by atoms with Crippen LogP contribution in [-0.2, 0) is 33.7 Å². The molecule has 4 rings (SSSR count). The molecule has 166 valence electrons. The molecule has 3 aliphatic rings. The van der Waals surface area contributed by atoms with Crippen molar-refractivity contribution in [3.63, 3.8) is 0 Å². The highest BCUT2D eigenvalue weighted by molar-refractivity contribution is 5.94. The number of aryl methyl sites for hydroxylation is 1. The molecule has 0 aromatic carbocycles. The van der Waals surface area contributed by atoms with Gasteiger partial charge in [-0.25, -0.2) is 0 Å². The molecule has 1 aromatic heterocycles. The number of aromatic nitrogens is 2. The lowest BCUT2D eigenvalue weighted by Crippen LogP contribution is -2.40. The summed E-state index contributed by atoms with van der Waals surface area (Å²) in [5.74, 6) is -0.331. The predicted molar refractivity (Wildman–Crippen MR) is 109 cm³/mol. The lowest BCUT2D eigenvalue weighted by atomic mass is 9.75. The van der Waals surface area contributed by atoms with Crippen LogP contribution in [0.25, 0.3) is 0 Å². The van der Waals surface area contributed by atoms with E-state index in [1.165, 1.54) is 0 Å². The zero-order valence-electron chi connectivity index (χ0n) is 18.0. The summed E-state index contributed by atoms with van der Waals surface area (Å²) in [5.41, 5.74) is 2.70. The van der Waals surface area contributed by atoms with Gasteiger partial charge < -0.3 is 19.9 Å². The third-order valence-corrected chi connectivity index (χ3v) is 6.88. The smallest absolute Gasteiger partial charge is 0.309 e. The Bertz CT molecular complexity index is 793. The third-order valence-electron chi connectivity index (χ3n) is 6.88. The average molecular weight is 420 g/mol. The number of fused-ring (bicyclic) bond motifs is 1. The fourth-order valence-electron chi connectivity index (χ4n) is 4.84. The highest BCUT2D eigenvalue weighted by Gasteiger charge is 2.40. The molecular weight excluding hydrogens is 386 g/mol. The van der Waals surface area contributed by atoms with Gasteiger partial charge in [0.25, 0.3) is 5.91 Å². The third kappa shape index (κ3) is 4.25. The molecule has 2 N–H and O–H groups in total. The molecule has 8 heteroatoms. The molecule has 2 aliphatic heterocycles. The Balaban J connectivity index is 1.48. The van der Waals surface area contributed by atoms with Gasteiger partial charge in [0, 0.05) is 31.9 Å². The monoisotopic (exact) mass is 419 g/mol. The zero-order chi connectivity index (χ0) is 21.3. The molecule has 1 aromatic rings. The summed E-state index contributed by atoms with van der Waals surface area (Å²) in [7, 11) is 0. The van der Waals surface area contributed by atoms with E-state index in [2.05, 4.69) is 5.32 Å². The van der Waals surface area contributed by atoms with Crippen molar-refractivity contribution < 1.29 is 24.2 Å². The van der Waals surface area contributed by atoms with E-state index in [0.717, 1.165) is 43.7 Å². The molecule has 2 fully saturated rings. The van der Waals surface area contributed by atoms with Crippen LogP contribution in [0.1, 0.15) is 61.3 Å². The van der Waals surface area contributed by atoms with Gasteiger partial charge in [-0.15, -0.1) is 0 Å². The minimum absolute atomic E-state index is 0.0241. The molecule has 0 bridgehead atoms. The second-order valence-corrected chi connectivity index (χ2v) is 9.32. The van der Waals surface area contributed by atoms with Crippen molar-refractivity contribution in [2.45, 2.75) is 65.0 Å². The first kappa shape index (κ1) is 21.3. The number of nitrogens with one attached hydrogen (secondary N) is 1. The molecule has 1 spiro atoms. The van der Waals surface area contributed by atoms with Gasteiger partial charge in [-0.05, 0) is 56.8 Å². The maximum Gasteiger partial charge on any atom is 0.309 e. The Morgan fingerprint density at radius 3 is 2.80 bits per heavy atom. The molecule has 1 unspecified atom stereocenters. The largest absolute Gasteiger partial charge is 0.465 e. The molecular formula is C22H33N3O5. The van der Waals surface area contributed by atoms with Gasteiger partial charge >= 0.3 is 5.97 Å². The standard InChI is InChI=1S/C22H33N3O5/c1-3-25-19-17(11-22(13-23-20(19)27)4-6-29-7-5-22)18(24-25)8-14(2)12-30-21(28)15-9-16(26)10-15/h14-16,26H,3-13H2,1-2H3,(H,23,27). The van der Waals surface area contributed by atoms with Gasteiger partial charge in [-0.3, -0.25) is 14.3 Å². The number of nitrogens with zero attached hydrogens (tertiary/aromatic N) is 2. The summed E-state index contributed by atoms with van der Waals surface area (Å²) in [6, 6.07) is 0. The van der Waals surface area contributed by atoms with Crippen LogP contribution in [0.2, 0.25) is 0 Å². The number of carbonyl (C=O) groups is 2. The van der Waals surface area contributed by atoms with Crippen molar-refractivity contribution in [2.24, 2.45) is 17.3 Å². The number of aliphatic hydroxyl groups is 1. The van der Waals surface area contributed by atoms with Crippen LogP contribution in [0.3, 0.4) is 0 Å². The average Bonchev–Trinajstić information content (AvgIpc) is 2.98. The van der Waals surface area contributed by atoms with E-state index < -0.39 is 0 Å². The summed E-state index contributed by atoms with van der Waals surface area (Å²) >= 11 is 0. The highest BCUT2D eigenvalue weighted by Crippen LogP contribution is 2.38. The summed E-state index contributed by atoms with van der Waals surface area (Å²) in [6.07, 6.45) is 4.00. The quantitative estimate of drug-likeness (QED) is 0.677. The Hall–Kier alpha value is -1.93. The van der Waals surface area contributed by atoms with Crippen LogP contribution in [0.4, 0.5) is 0 Å². The van der Waals surface area contributed by atoms with E-state index in [1.54, 1.807) is 0 Å². The number of hydrogen-bond donors (Lipinski definition) is 2. The number of esters is 1. The maximum atomic E-state index is 12.9. The van der Waals surface area contributed by atoms with Gasteiger partial charge in [0.15, 0.2) is 0 Å². The van der Waals surface area contributed by atoms with E-state index in [1.807, 2.05) is 18.5 Å². The Morgan fingerprint density at radius 2 is 2.13 bits per heavy atom. The molecule has 8 nitrogen and oxygen atoms in total. The van der Waals surface area contributed by atoms with Crippen molar-refractivity contribution in [3.8, 4) is 0 Å². The molecule has 1 atom stereocenters. The van der Waals surface area contributed by atoms with Crippen LogP contribution in [0, 0.1) is 17.3 Å². The number of rotatable bonds is 6. The Morgan fingerprint density at radius 1 is 1.40 bits per heavy atom. The van der Waals surface area contributed by atoms with Crippen LogP contribution >= 0.6 is 0 Å². The number of hydrogen-bond acceptors (Lipinski definition) is 6. The van der Waals surface area contributed by atoms with E-state index in [-0.39, 0.29) is 35.2 Å². The highest BCUT2D eigenvalue weighted by atomic mass is 16.5. The Kier molecular flexibility index (Phi) is 6.16. The Labute approximate surface area is 177 Å². The number of amides is 1. The van der Waals surface area contributed by atoms with Crippen molar-refractivity contribution in [2.75, 3.05) is 26.4 Å². The second-order valence-electron chi connectivity index (χ2n) is 9.32. The topological polar surface area (TPSA) is 103 Å².